The van der Waals surface area contributed by atoms with Gasteiger partial charge in [-0.3, -0.25) is 0 Å². The van der Waals surface area contributed by atoms with Gasteiger partial charge in [0.05, 0.1) is 0 Å². The van der Waals surface area contributed by atoms with Crippen molar-refractivity contribution in [2.75, 3.05) is 34.7 Å². The maximum absolute atomic E-state index is 2.25. The van der Waals surface area contributed by atoms with E-state index in [4.69, 9.17) is 0 Å². The van der Waals surface area contributed by atoms with Crippen molar-refractivity contribution in [3.05, 3.63) is 0 Å². The first-order valence-corrected chi connectivity index (χ1v) is 3.85. The summed E-state index contributed by atoms with van der Waals surface area (Å²) in [5.41, 5.74) is 0. The quantitative estimate of drug-likeness (QED) is 0.578. The molecule has 0 bridgehead atoms. The standard InChI is InChI=1S/C8H20N2/c1-8(10(4)5)6-7-9(2)3/h8H,6-7H2,1-5H3/t8-/m0/s1. The summed E-state index contributed by atoms with van der Waals surface area (Å²) in [6.45, 7) is 3.43. The lowest BCUT2D eigenvalue weighted by molar-refractivity contribution is 0.267. The summed E-state index contributed by atoms with van der Waals surface area (Å²) in [6, 6.07) is 0.697. The van der Waals surface area contributed by atoms with Crippen molar-refractivity contribution >= 4 is 0 Å². The molecule has 0 aromatic rings. The zero-order chi connectivity index (χ0) is 8.15. The zero-order valence-electron chi connectivity index (χ0n) is 7.89. The monoisotopic (exact) mass is 144 g/mol. The Balaban J connectivity index is 3.30. The van der Waals surface area contributed by atoms with E-state index in [1.165, 1.54) is 13.0 Å². The fraction of sp³-hybridized carbons (Fsp3) is 1.00. The number of rotatable bonds is 4. The lowest BCUT2D eigenvalue weighted by Crippen LogP contribution is -2.28. The van der Waals surface area contributed by atoms with Gasteiger partial charge in [-0.1, -0.05) is 0 Å². The first-order chi connectivity index (χ1) is 4.54. The largest absolute Gasteiger partial charge is 0.309 e. The van der Waals surface area contributed by atoms with Crippen molar-refractivity contribution in [3.8, 4) is 0 Å². The van der Waals surface area contributed by atoms with Gasteiger partial charge in [0.15, 0.2) is 0 Å². The van der Waals surface area contributed by atoms with Crippen LogP contribution in [0.25, 0.3) is 0 Å². The van der Waals surface area contributed by atoms with Gasteiger partial charge in [0.1, 0.15) is 0 Å². The van der Waals surface area contributed by atoms with Crippen molar-refractivity contribution < 1.29 is 0 Å². The van der Waals surface area contributed by atoms with Gasteiger partial charge in [-0.05, 0) is 48.1 Å². The molecule has 0 fully saturated rings. The molecule has 62 valence electrons. The molecule has 10 heavy (non-hydrogen) atoms. The second kappa shape index (κ2) is 4.69. The summed E-state index contributed by atoms with van der Waals surface area (Å²) >= 11 is 0. The van der Waals surface area contributed by atoms with Gasteiger partial charge in [-0.25, -0.2) is 0 Å². The predicted octanol–water partition coefficient (Wildman–Crippen LogP) is 0.888. The number of hydrogen-bond acceptors (Lipinski definition) is 2. The van der Waals surface area contributed by atoms with E-state index in [9.17, 15) is 0 Å². The van der Waals surface area contributed by atoms with Gasteiger partial charge in [-0.2, -0.15) is 0 Å². The average molecular weight is 144 g/mol. The molecule has 2 nitrogen and oxygen atoms in total. The molecule has 0 unspecified atom stereocenters. The molecule has 0 rings (SSSR count). The number of nitrogens with zero attached hydrogens (tertiary/aromatic N) is 2. The molecular formula is C8H20N2. The van der Waals surface area contributed by atoms with Crippen molar-refractivity contribution in [1.29, 1.82) is 0 Å². The van der Waals surface area contributed by atoms with E-state index < -0.39 is 0 Å². The van der Waals surface area contributed by atoms with Crippen LogP contribution in [0, 0.1) is 0 Å². The normalized spacial score (nSPS) is 14.7. The molecule has 1 atom stereocenters. The van der Waals surface area contributed by atoms with Crippen LogP contribution in [-0.2, 0) is 0 Å². The summed E-state index contributed by atoms with van der Waals surface area (Å²) in [5, 5.41) is 0. The fourth-order valence-electron chi connectivity index (χ4n) is 0.703. The lowest BCUT2D eigenvalue weighted by Gasteiger charge is -2.21. The molecule has 0 saturated heterocycles. The van der Waals surface area contributed by atoms with Crippen LogP contribution in [0.3, 0.4) is 0 Å². The van der Waals surface area contributed by atoms with Crippen LogP contribution in [0.4, 0.5) is 0 Å². The summed E-state index contributed by atoms with van der Waals surface area (Å²) in [4.78, 5) is 4.48. The Hall–Kier alpha value is -0.0800. The van der Waals surface area contributed by atoms with E-state index in [0.29, 0.717) is 6.04 Å². The first kappa shape index (κ1) is 9.92. The average Bonchev–Trinajstić information content (AvgIpc) is 1.82. The molecule has 0 N–H and O–H groups in total. The molecule has 2 heteroatoms. The van der Waals surface area contributed by atoms with Gasteiger partial charge in [0.2, 0.25) is 0 Å². The molecule has 0 aromatic heterocycles. The van der Waals surface area contributed by atoms with E-state index in [0.717, 1.165) is 0 Å². The van der Waals surface area contributed by atoms with Gasteiger partial charge >= 0.3 is 0 Å². The smallest absolute Gasteiger partial charge is 0.00730 e. The molecule has 0 aromatic carbocycles. The fourth-order valence-corrected chi connectivity index (χ4v) is 0.703. The van der Waals surface area contributed by atoms with Crippen LogP contribution in [0.2, 0.25) is 0 Å². The number of hydrogen-bond donors (Lipinski definition) is 0. The molecule has 0 aliphatic carbocycles. The van der Waals surface area contributed by atoms with Gasteiger partial charge in [-0.15, -0.1) is 0 Å². The third-order valence-electron chi connectivity index (χ3n) is 1.88. The van der Waals surface area contributed by atoms with Crippen molar-refractivity contribution in [1.82, 2.24) is 9.80 Å². The van der Waals surface area contributed by atoms with Crippen molar-refractivity contribution in [2.45, 2.75) is 19.4 Å². The maximum Gasteiger partial charge on any atom is 0.00730 e. The molecule has 0 radical (unpaired) electrons. The van der Waals surface area contributed by atoms with E-state index in [1.807, 2.05) is 0 Å². The van der Waals surface area contributed by atoms with Gasteiger partial charge < -0.3 is 9.80 Å². The third kappa shape index (κ3) is 4.77. The minimum atomic E-state index is 0.697. The van der Waals surface area contributed by atoms with E-state index >= 15 is 0 Å². The maximum atomic E-state index is 2.25. The Kier molecular flexibility index (Phi) is 4.65. The van der Waals surface area contributed by atoms with Crippen LogP contribution in [0.1, 0.15) is 13.3 Å². The highest BCUT2D eigenvalue weighted by molar-refractivity contribution is 4.60. The summed E-state index contributed by atoms with van der Waals surface area (Å²) in [6.07, 6.45) is 1.25. The Morgan fingerprint density at radius 2 is 1.60 bits per heavy atom. The summed E-state index contributed by atoms with van der Waals surface area (Å²) < 4.78 is 0. The third-order valence-corrected chi connectivity index (χ3v) is 1.88. The highest BCUT2D eigenvalue weighted by Gasteiger charge is 2.03. The SMILES string of the molecule is C[C@@H](CCN(C)C)N(C)C. The van der Waals surface area contributed by atoms with E-state index in [2.05, 4.69) is 44.9 Å². The molecule has 0 heterocycles. The minimum Gasteiger partial charge on any atom is -0.309 e. The van der Waals surface area contributed by atoms with E-state index in [1.54, 1.807) is 0 Å². The van der Waals surface area contributed by atoms with Gasteiger partial charge in [0.25, 0.3) is 0 Å². The summed E-state index contributed by atoms with van der Waals surface area (Å²) in [5.74, 6) is 0. The molecule has 0 saturated carbocycles. The lowest BCUT2D eigenvalue weighted by atomic mass is 10.2. The molecule has 0 spiro atoms. The topological polar surface area (TPSA) is 6.48 Å². The van der Waals surface area contributed by atoms with Crippen LogP contribution >= 0.6 is 0 Å². The molecule has 0 aliphatic heterocycles. The zero-order valence-corrected chi connectivity index (χ0v) is 7.89. The van der Waals surface area contributed by atoms with Crippen molar-refractivity contribution in [2.24, 2.45) is 0 Å². The molecule has 0 aliphatic rings. The minimum absolute atomic E-state index is 0.697. The highest BCUT2D eigenvalue weighted by Crippen LogP contribution is 1.97. The Morgan fingerprint density at radius 1 is 1.10 bits per heavy atom. The van der Waals surface area contributed by atoms with Crippen LogP contribution < -0.4 is 0 Å². The molecule has 0 amide bonds. The van der Waals surface area contributed by atoms with Crippen LogP contribution in [0.5, 0.6) is 0 Å². The second-order valence-electron chi connectivity index (χ2n) is 3.40. The Bertz CT molecular complexity index is 79.3. The Morgan fingerprint density at radius 3 is 1.90 bits per heavy atom. The Labute approximate surface area is 64.8 Å². The van der Waals surface area contributed by atoms with Crippen LogP contribution in [0.15, 0.2) is 0 Å². The second-order valence-corrected chi connectivity index (χ2v) is 3.40. The molecular weight excluding hydrogens is 124 g/mol. The van der Waals surface area contributed by atoms with Crippen LogP contribution in [-0.4, -0.2) is 50.6 Å². The predicted molar refractivity (Wildman–Crippen MR) is 46.3 cm³/mol. The van der Waals surface area contributed by atoms with Crippen molar-refractivity contribution in [3.63, 3.8) is 0 Å². The van der Waals surface area contributed by atoms with E-state index in [-0.39, 0.29) is 0 Å². The highest BCUT2D eigenvalue weighted by atomic mass is 15.1. The van der Waals surface area contributed by atoms with Gasteiger partial charge in [0, 0.05) is 6.04 Å². The summed E-state index contributed by atoms with van der Waals surface area (Å²) in [7, 11) is 8.48. The first-order valence-electron chi connectivity index (χ1n) is 3.85.